The van der Waals surface area contributed by atoms with E-state index in [0.29, 0.717) is 6.54 Å². The lowest BCUT2D eigenvalue weighted by atomic mass is 10.3. The minimum atomic E-state index is 0.223. The molecule has 1 amide bonds. The monoisotopic (exact) mass is 228 g/mol. The van der Waals surface area contributed by atoms with Crippen molar-refractivity contribution in [2.75, 3.05) is 26.3 Å². The second kappa shape index (κ2) is 7.63. The van der Waals surface area contributed by atoms with E-state index in [-0.39, 0.29) is 12.1 Å². The number of hydrogen-bond donors (Lipinski definition) is 1. The van der Waals surface area contributed by atoms with Crippen molar-refractivity contribution in [3.8, 4) is 0 Å². The number of rotatable bonds is 8. The molecule has 0 bridgehead atoms. The van der Waals surface area contributed by atoms with E-state index in [4.69, 9.17) is 4.74 Å². The third-order valence-corrected chi connectivity index (χ3v) is 2.90. The first-order valence-corrected chi connectivity index (χ1v) is 6.40. The minimum Gasteiger partial charge on any atom is -0.381 e. The van der Waals surface area contributed by atoms with Crippen molar-refractivity contribution in [3.05, 3.63) is 0 Å². The van der Waals surface area contributed by atoms with E-state index in [1.54, 1.807) is 0 Å². The van der Waals surface area contributed by atoms with E-state index in [9.17, 15) is 4.79 Å². The Hall–Kier alpha value is -0.610. The molecule has 1 N–H and O–H groups in total. The van der Waals surface area contributed by atoms with Crippen LogP contribution in [0.15, 0.2) is 0 Å². The highest BCUT2D eigenvalue weighted by Crippen LogP contribution is 2.08. The third kappa shape index (κ3) is 4.10. The molecule has 0 spiro atoms. The Labute approximate surface area is 98.3 Å². The van der Waals surface area contributed by atoms with Gasteiger partial charge in [-0.1, -0.05) is 20.3 Å². The lowest BCUT2D eigenvalue weighted by Crippen LogP contribution is -2.37. The number of unbranched alkanes of at least 4 members (excludes halogenated alkanes) is 1. The van der Waals surface area contributed by atoms with Gasteiger partial charge in [0.1, 0.15) is 0 Å². The summed E-state index contributed by atoms with van der Waals surface area (Å²) in [6.45, 7) is 7.18. The zero-order valence-electron chi connectivity index (χ0n) is 10.5. The van der Waals surface area contributed by atoms with Gasteiger partial charge in [0.25, 0.3) is 0 Å². The summed E-state index contributed by atoms with van der Waals surface area (Å²) in [6.07, 6.45) is 4.45. The van der Waals surface area contributed by atoms with E-state index >= 15 is 0 Å². The van der Waals surface area contributed by atoms with Crippen molar-refractivity contribution < 1.29 is 9.53 Å². The van der Waals surface area contributed by atoms with Crippen LogP contribution in [0.2, 0.25) is 0 Å². The molecule has 0 aliphatic carbocycles. The van der Waals surface area contributed by atoms with Crippen molar-refractivity contribution >= 4 is 5.91 Å². The lowest BCUT2D eigenvalue weighted by molar-refractivity contribution is -0.128. The summed E-state index contributed by atoms with van der Waals surface area (Å²) < 4.78 is 5.48. The van der Waals surface area contributed by atoms with Crippen molar-refractivity contribution in [3.63, 3.8) is 0 Å². The Balaban J connectivity index is 2.09. The Morgan fingerprint density at radius 1 is 1.38 bits per heavy atom. The molecule has 1 unspecified atom stereocenters. The van der Waals surface area contributed by atoms with Crippen molar-refractivity contribution in [2.24, 2.45) is 0 Å². The van der Waals surface area contributed by atoms with Crippen LogP contribution in [-0.2, 0) is 9.53 Å². The van der Waals surface area contributed by atoms with Gasteiger partial charge in [-0.15, -0.1) is 0 Å². The van der Waals surface area contributed by atoms with Crippen LogP contribution in [0, 0.1) is 0 Å². The largest absolute Gasteiger partial charge is 0.381 e. The molecule has 0 aromatic carbocycles. The predicted molar refractivity (Wildman–Crippen MR) is 64.1 cm³/mol. The zero-order valence-corrected chi connectivity index (χ0v) is 10.5. The highest BCUT2D eigenvalue weighted by Gasteiger charge is 2.27. The van der Waals surface area contributed by atoms with E-state index in [0.717, 1.165) is 39.0 Å². The van der Waals surface area contributed by atoms with Gasteiger partial charge in [-0.25, -0.2) is 0 Å². The van der Waals surface area contributed by atoms with Crippen LogP contribution in [0.25, 0.3) is 0 Å². The molecule has 0 saturated carbocycles. The molecule has 1 fully saturated rings. The zero-order chi connectivity index (χ0) is 11.8. The number of ether oxygens (including phenoxy) is 1. The number of amides is 1. The first-order chi connectivity index (χ1) is 7.79. The maximum Gasteiger partial charge on any atom is 0.237 e. The average molecular weight is 228 g/mol. The maximum atomic E-state index is 11.5. The van der Waals surface area contributed by atoms with Gasteiger partial charge in [-0.3, -0.25) is 10.1 Å². The van der Waals surface area contributed by atoms with Crippen LogP contribution in [0.1, 0.15) is 39.5 Å². The fraction of sp³-hybridized carbons (Fsp3) is 0.917. The van der Waals surface area contributed by atoms with Crippen molar-refractivity contribution in [1.82, 2.24) is 10.2 Å². The van der Waals surface area contributed by atoms with E-state index in [1.165, 1.54) is 6.42 Å². The normalized spacial score (nSPS) is 20.8. The highest BCUT2D eigenvalue weighted by atomic mass is 16.5. The Morgan fingerprint density at radius 3 is 2.81 bits per heavy atom. The summed E-state index contributed by atoms with van der Waals surface area (Å²) in [5.74, 6) is 0.223. The predicted octanol–water partition coefficient (Wildman–Crippen LogP) is 1.36. The quantitative estimate of drug-likeness (QED) is 0.638. The van der Waals surface area contributed by atoms with Gasteiger partial charge in [-0.05, 0) is 19.3 Å². The molecule has 0 aromatic rings. The van der Waals surface area contributed by atoms with Crippen LogP contribution in [0.4, 0.5) is 0 Å². The SMILES string of the molecule is CCCCOCCCN1C(=O)CNC1CC. The molecule has 1 aliphatic rings. The summed E-state index contributed by atoms with van der Waals surface area (Å²) in [4.78, 5) is 13.5. The summed E-state index contributed by atoms with van der Waals surface area (Å²) in [5.41, 5.74) is 0. The standard InChI is InChI=1S/C12H24N2O2/c1-3-5-8-16-9-6-7-14-11(4-2)13-10-12(14)15/h11,13H,3-10H2,1-2H3. The molecule has 1 rings (SSSR count). The topological polar surface area (TPSA) is 41.6 Å². The first-order valence-electron chi connectivity index (χ1n) is 6.40. The van der Waals surface area contributed by atoms with Crippen molar-refractivity contribution in [1.29, 1.82) is 0 Å². The van der Waals surface area contributed by atoms with Gasteiger partial charge < -0.3 is 9.64 Å². The molecule has 94 valence electrons. The van der Waals surface area contributed by atoms with Gasteiger partial charge >= 0.3 is 0 Å². The smallest absolute Gasteiger partial charge is 0.237 e. The Bertz CT molecular complexity index is 209. The summed E-state index contributed by atoms with van der Waals surface area (Å²) in [5, 5.41) is 3.20. The van der Waals surface area contributed by atoms with Crippen molar-refractivity contribution in [2.45, 2.75) is 45.7 Å². The van der Waals surface area contributed by atoms with Crippen LogP contribution in [0.5, 0.6) is 0 Å². The molecule has 0 radical (unpaired) electrons. The molecule has 16 heavy (non-hydrogen) atoms. The lowest BCUT2D eigenvalue weighted by Gasteiger charge is -2.22. The van der Waals surface area contributed by atoms with Crippen LogP contribution in [-0.4, -0.2) is 43.3 Å². The summed E-state index contributed by atoms with van der Waals surface area (Å²) >= 11 is 0. The minimum absolute atomic E-state index is 0.223. The molecule has 4 heteroatoms. The summed E-state index contributed by atoms with van der Waals surface area (Å²) in [7, 11) is 0. The number of hydrogen-bond acceptors (Lipinski definition) is 3. The average Bonchev–Trinajstić information content (AvgIpc) is 2.65. The molecule has 1 heterocycles. The molecule has 1 atom stereocenters. The summed E-state index contributed by atoms with van der Waals surface area (Å²) in [6, 6.07) is 0. The van der Waals surface area contributed by atoms with Gasteiger partial charge in [-0.2, -0.15) is 0 Å². The van der Waals surface area contributed by atoms with Crippen LogP contribution < -0.4 is 5.32 Å². The highest BCUT2D eigenvalue weighted by molar-refractivity contribution is 5.80. The first kappa shape index (κ1) is 13.5. The number of carbonyl (C=O) groups excluding carboxylic acids is 1. The second-order valence-corrected chi connectivity index (χ2v) is 4.21. The van der Waals surface area contributed by atoms with Gasteiger partial charge in [0.15, 0.2) is 0 Å². The van der Waals surface area contributed by atoms with Gasteiger partial charge in [0, 0.05) is 19.8 Å². The fourth-order valence-corrected chi connectivity index (χ4v) is 1.92. The molecular formula is C12H24N2O2. The van der Waals surface area contributed by atoms with Crippen LogP contribution >= 0.6 is 0 Å². The van der Waals surface area contributed by atoms with E-state index in [1.807, 2.05) is 4.90 Å². The Morgan fingerprint density at radius 2 is 2.12 bits per heavy atom. The second-order valence-electron chi connectivity index (χ2n) is 4.21. The number of carbonyl (C=O) groups is 1. The fourth-order valence-electron chi connectivity index (χ4n) is 1.92. The molecule has 4 nitrogen and oxygen atoms in total. The van der Waals surface area contributed by atoms with Gasteiger partial charge in [0.2, 0.25) is 5.91 Å². The Kier molecular flexibility index (Phi) is 6.42. The third-order valence-electron chi connectivity index (χ3n) is 2.90. The van der Waals surface area contributed by atoms with E-state index in [2.05, 4.69) is 19.2 Å². The van der Waals surface area contributed by atoms with E-state index < -0.39 is 0 Å². The molecular weight excluding hydrogens is 204 g/mol. The molecule has 1 aliphatic heterocycles. The van der Waals surface area contributed by atoms with Gasteiger partial charge in [0.05, 0.1) is 12.7 Å². The van der Waals surface area contributed by atoms with Crippen LogP contribution in [0.3, 0.4) is 0 Å². The molecule has 0 aromatic heterocycles. The number of nitrogens with one attached hydrogen (secondary N) is 1. The molecule has 1 saturated heterocycles. The number of nitrogens with zero attached hydrogens (tertiary/aromatic N) is 1. The maximum absolute atomic E-state index is 11.5.